The van der Waals surface area contributed by atoms with E-state index in [1.807, 2.05) is 19.1 Å². The third-order valence-corrected chi connectivity index (χ3v) is 12.4. The number of ether oxygens (including phenoxy) is 2. The summed E-state index contributed by atoms with van der Waals surface area (Å²) in [6.07, 6.45) is 10.2. The minimum Gasteiger partial charge on any atom is -0.347 e. The maximum atomic E-state index is 13.6. The normalized spacial score (nSPS) is 38.5. The molecule has 0 aromatic heterocycles. The third-order valence-electron chi connectivity index (χ3n) is 10.7. The number of benzene rings is 1. The quantitative estimate of drug-likeness (QED) is 0.334. The molecule has 0 radical (unpaired) electrons. The molecule has 1 saturated heterocycles. The molecule has 5 aliphatic rings. The van der Waals surface area contributed by atoms with Crippen LogP contribution in [0.4, 0.5) is 0 Å². The van der Waals surface area contributed by atoms with Gasteiger partial charge in [0.25, 0.3) is 5.03 Å². The fourth-order valence-corrected chi connectivity index (χ4v) is 10.1. The van der Waals surface area contributed by atoms with Crippen molar-refractivity contribution >= 4 is 9.84 Å². The van der Waals surface area contributed by atoms with Crippen molar-refractivity contribution in [1.29, 1.82) is 0 Å². The van der Waals surface area contributed by atoms with E-state index in [4.69, 9.17) is 16.0 Å². The Morgan fingerprint density at radius 3 is 2.39 bits per heavy atom. The number of fused-ring (bicyclic) bond motifs is 5. The molecule has 3 saturated carbocycles. The van der Waals surface area contributed by atoms with Crippen molar-refractivity contribution in [3.05, 3.63) is 63.5 Å². The predicted molar refractivity (Wildman–Crippen MR) is 138 cm³/mol. The highest BCUT2D eigenvalue weighted by molar-refractivity contribution is 7.95. The molecule has 1 aliphatic heterocycles. The minimum atomic E-state index is -3.83. The summed E-state index contributed by atoms with van der Waals surface area (Å²) in [7, 11) is -3.83. The van der Waals surface area contributed by atoms with Crippen LogP contribution >= 0.6 is 0 Å². The first-order valence-electron chi connectivity index (χ1n) is 13.5. The highest BCUT2D eigenvalue weighted by atomic mass is 32.2. The van der Waals surface area contributed by atoms with Gasteiger partial charge < -0.3 is 9.47 Å². The lowest BCUT2D eigenvalue weighted by molar-refractivity contribution is -0.184. The first-order valence-corrected chi connectivity index (χ1v) is 15.0. The number of hydrogen-bond acceptors (Lipinski definition) is 4. The molecular weight excluding hydrogens is 470 g/mol. The number of allylic oxidation sites excluding steroid dienone is 2. The van der Waals surface area contributed by atoms with Crippen molar-refractivity contribution in [3.8, 4) is 0 Å². The zero-order chi connectivity index (χ0) is 25.3. The Bertz CT molecular complexity index is 1280. The van der Waals surface area contributed by atoms with E-state index in [1.165, 1.54) is 5.57 Å². The number of nitrogens with zero attached hydrogens (tertiary/aromatic N) is 1. The molecule has 0 unspecified atom stereocenters. The molecule has 4 aliphatic carbocycles. The number of aryl methyl sites for hydroxylation is 1. The number of sulfone groups is 1. The van der Waals surface area contributed by atoms with Crippen LogP contribution in [0.15, 0.2) is 51.4 Å². The summed E-state index contributed by atoms with van der Waals surface area (Å²) < 4.78 is 39.4. The van der Waals surface area contributed by atoms with Crippen LogP contribution in [0, 0.1) is 42.1 Å². The summed E-state index contributed by atoms with van der Waals surface area (Å²) in [6.45, 7) is 16.0. The molecule has 1 spiro atoms. The monoisotopic (exact) mass is 507 g/mol. The zero-order valence-electron chi connectivity index (χ0n) is 21.7. The van der Waals surface area contributed by atoms with Crippen LogP contribution in [-0.2, 0) is 19.3 Å². The van der Waals surface area contributed by atoms with Crippen molar-refractivity contribution in [2.24, 2.45) is 28.6 Å². The molecule has 6 rings (SSSR count). The van der Waals surface area contributed by atoms with Gasteiger partial charge in [-0.3, -0.25) is 0 Å². The van der Waals surface area contributed by atoms with Crippen molar-refractivity contribution in [2.45, 2.75) is 82.8 Å². The van der Waals surface area contributed by atoms with Crippen LogP contribution in [0.2, 0.25) is 0 Å². The van der Waals surface area contributed by atoms with Crippen LogP contribution in [0.3, 0.4) is 0 Å². The third kappa shape index (κ3) is 3.42. The summed E-state index contributed by atoms with van der Waals surface area (Å²) >= 11 is 0. The van der Waals surface area contributed by atoms with Gasteiger partial charge in [0.2, 0.25) is 9.84 Å². The van der Waals surface area contributed by atoms with E-state index >= 15 is 0 Å². The van der Waals surface area contributed by atoms with E-state index < -0.39 is 15.6 Å². The molecule has 5 nitrogen and oxygen atoms in total. The Hall–Kier alpha value is -1.94. The molecule has 1 heterocycles. The fourth-order valence-electron chi connectivity index (χ4n) is 8.63. The smallest absolute Gasteiger partial charge is 0.282 e. The van der Waals surface area contributed by atoms with E-state index in [9.17, 15) is 8.42 Å². The van der Waals surface area contributed by atoms with Gasteiger partial charge in [0.15, 0.2) is 5.79 Å². The van der Waals surface area contributed by atoms with E-state index in [0.29, 0.717) is 37.4 Å². The number of hydrogen-bond donors (Lipinski definition) is 0. The van der Waals surface area contributed by atoms with Crippen LogP contribution in [0.25, 0.3) is 4.85 Å². The Kier molecular flexibility index (Phi) is 5.61. The average molecular weight is 508 g/mol. The SMILES string of the molecule is [C-]#[N+]/C(=C1\CC[C@H]2[C@@H]3CC=C4CC5(CC[C@]4(C)[C@H]3CC[C@]12C)OCCO5)S(=O)(=O)c1ccc(C)cc1. The van der Waals surface area contributed by atoms with Gasteiger partial charge >= 0.3 is 0 Å². The van der Waals surface area contributed by atoms with Crippen molar-refractivity contribution < 1.29 is 17.9 Å². The Morgan fingerprint density at radius 2 is 1.69 bits per heavy atom. The van der Waals surface area contributed by atoms with Gasteiger partial charge in [-0.2, -0.15) is 0 Å². The molecule has 5 atom stereocenters. The van der Waals surface area contributed by atoms with Gasteiger partial charge in [0.1, 0.15) is 0 Å². The highest BCUT2D eigenvalue weighted by Crippen LogP contribution is 2.67. The van der Waals surface area contributed by atoms with Gasteiger partial charge in [0.05, 0.1) is 24.7 Å². The molecular formula is C30H37NO4S. The molecule has 0 N–H and O–H groups in total. The summed E-state index contributed by atoms with van der Waals surface area (Å²) in [5.41, 5.74) is 3.34. The first kappa shape index (κ1) is 24.4. The van der Waals surface area contributed by atoms with Crippen molar-refractivity contribution in [1.82, 2.24) is 0 Å². The summed E-state index contributed by atoms with van der Waals surface area (Å²) in [4.78, 5) is 3.94. The van der Waals surface area contributed by atoms with Gasteiger partial charge in [-0.15, -0.1) is 0 Å². The van der Waals surface area contributed by atoms with Gasteiger partial charge in [-0.1, -0.05) is 43.2 Å². The Balaban J connectivity index is 1.34. The van der Waals surface area contributed by atoms with Gasteiger partial charge in [0, 0.05) is 12.8 Å². The van der Waals surface area contributed by atoms with Crippen LogP contribution in [0.5, 0.6) is 0 Å². The zero-order valence-corrected chi connectivity index (χ0v) is 22.5. The van der Waals surface area contributed by atoms with E-state index in [-0.39, 0.29) is 20.8 Å². The van der Waals surface area contributed by atoms with E-state index in [2.05, 4.69) is 24.8 Å². The fraction of sp³-hybridized carbons (Fsp3) is 0.633. The Morgan fingerprint density at radius 1 is 1.00 bits per heavy atom. The summed E-state index contributed by atoms with van der Waals surface area (Å²) in [6, 6.07) is 6.91. The minimum absolute atomic E-state index is 0.0109. The lowest BCUT2D eigenvalue weighted by Gasteiger charge is -2.58. The maximum Gasteiger partial charge on any atom is 0.282 e. The highest BCUT2D eigenvalue weighted by Gasteiger charge is 2.60. The summed E-state index contributed by atoms with van der Waals surface area (Å²) in [5.74, 6) is 1.14. The lowest BCUT2D eigenvalue weighted by Crippen LogP contribution is -2.51. The van der Waals surface area contributed by atoms with E-state index in [1.54, 1.807) is 12.1 Å². The predicted octanol–water partition coefficient (Wildman–Crippen LogP) is 6.61. The van der Waals surface area contributed by atoms with Gasteiger partial charge in [-0.05, 0) is 91.7 Å². The van der Waals surface area contributed by atoms with Crippen LogP contribution in [0.1, 0.15) is 70.8 Å². The van der Waals surface area contributed by atoms with Gasteiger partial charge in [-0.25, -0.2) is 13.3 Å². The maximum absolute atomic E-state index is 13.6. The molecule has 6 heteroatoms. The largest absolute Gasteiger partial charge is 0.347 e. The molecule has 1 aromatic carbocycles. The Labute approximate surface area is 215 Å². The van der Waals surface area contributed by atoms with Crippen LogP contribution < -0.4 is 0 Å². The second-order valence-corrected chi connectivity index (χ2v) is 14.1. The van der Waals surface area contributed by atoms with Crippen molar-refractivity contribution in [2.75, 3.05) is 13.2 Å². The molecule has 4 fully saturated rings. The molecule has 0 amide bonds. The van der Waals surface area contributed by atoms with Crippen molar-refractivity contribution in [3.63, 3.8) is 0 Å². The lowest BCUT2D eigenvalue weighted by atomic mass is 9.47. The first-order chi connectivity index (χ1) is 17.1. The topological polar surface area (TPSA) is 57.0 Å². The second-order valence-electron chi connectivity index (χ2n) is 12.3. The molecule has 192 valence electrons. The molecule has 36 heavy (non-hydrogen) atoms. The molecule has 0 bridgehead atoms. The number of rotatable bonds is 2. The van der Waals surface area contributed by atoms with Crippen LogP contribution in [-0.4, -0.2) is 27.4 Å². The molecule has 1 aromatic rings. The standard InChI is InChI=1S/C30H37NO4S/c1-20-5-8-22(9-6-20)36(32,33)27(31-4)26-12-11-24-23-10-7-21-19-30(34-17-18-35-30)16-15-28(21,2)25(23)13-14-29(24,26)3/h5-9,23-25H,10-19H2,1-3H3/b27-26-/t23-,24-,25-,28-,29-/m0/s1. The average Bonchev–Trinajstić information content (AvgIpc) is 3.45. The summed E-state index contributed by atoms with van der Waals surface area (Å²) in [5, 5.41) is -0.0109. The second kappa shape index (κ2) is 8.28. The van der Waals surface area contributed by atoms with E-state index in [0.717, 1.165) is 56.1 Å².